The van der Waals surface area contributed by atoms with E-state index in [1.54, 1.807) is 6.07 Å². The molecule has 0 radical (unpaired) electrons. The van der Waals surface area contributed by atoms with Gasteiger partial charge in [0.15, 0.2) is 5.78 Å². The molecule has 1 unspecified atom stereocenters. The Kier molecular flexibility index (Phi) is 5.43. The van der Waals surface area contributed by atoms with Gasteiger partial charge in [0.1, 0.15) is 0 Å². The summed E-state index contributed by atoms with van der Waals surface area (Å²) in [6.07, 6.45) is 0.473. The number of hydrogen-bond acceptors (Lipinski definition) is 5. The number of rotatable bonds is 3. The predicted molar refractivity (Wildman–Crippen MR) is 120 cm³/mol. The summed E-state index contributed by atoms with van der Waals surface area (Å²) in [6, 6.07) is 12.2. The fourth-order valence-corrected chi connectivity index (χ4v) is 5.31. The number of fused-ring (bicyclic) bond motifs is 1. The first-order chi connectivity index (χ1) is 14.2. The molecule has 2 aromatic carbocycles. The van der Waals surface area contributed by atoms with Crippen molar-refractivity contribution in [1.29, 1.82) is 0 Å². The summed E-state index contributed by atoms with van der Waals surface area (Å²) in [6.45, 7) is 3.65. The highest BCUT2D eigenvalue weighted by Gasteiger charge is 2.49. The molecule has 0 saturated heterocycles. The Balaban J connectivity index is 1.61. The Morgan fingerprint density at radius 1 is 1.17 bits per heavy atom. The van der Waals surface area contributed by atoms with E-state index in [-0.39, 0.29) is 16.5 Å². The Labute approximate surface area is 188 Å². The molecule has 1 heterocycles. The SMILES string of the molecule is CC1(C)CC2=C(Sc3ccccc3N2)C(=O)C1C(=O)C(=O)Nc1ccc(Cl)cc1Cl. The minimum absolute atomic E-state index is 0.214. The molecule has 1 atom stereocenters. The quantitative estimate of drug-likeness (QED) is 0.464. The summed E-state index contributed by atoms with van der Waals surface area (Å²) in [4.78, 5) is 40.5. The minimum atomic E-state index is -1.08. The van der Waals surface area contributed by atoms with Gasteiger partial charge in [0, 0.05) is 15.6 Å². The summed E-state index contributed by atoms with van der Waals surface area (Å²) in [7, 11) is 0. The van der Waals surface area contributed by atoms with Crippen LogP contribution < -0.4 is 10.6 Å². The average molecular weight is 461 g/mol. The molecule has 1 amide bonds. The second kappa shape index (κ2) is 7.76. The lowest BCUT2D eigenvalue weighted by molar-refractivity contribution is -0.144. The van der Waals surface area contributed by atoms with E-state index in [9.17, 15) is 14.4 Å². The van der Waals surface area contributed by atoms with Crippen LogP contribution in [0.3, 0.4) is 0 Å². The van der Waals surface area contributed by atoms with Gasteiger partial charge in [0.25, 0.3) is 5.91 Å². The number of Topliss-reactive ketones (excluding diaryl/α,β-unsaturated/α-hetero) is 2. The van der Waals surface area contributed by atoms with Gasteiger partial charge in [-0.15, -0.1) is 0 Å². The summed E-state index contributed by atoms with van der Waals surface area (Å²) in [5, 5.41) is 6.46. The van der Waals surface area contributed by atoms with Gasteiger partial charge in [-0.3, -0.25) is 14.4 Å². The fourth-order valence-electron chi connectivity index (χ4n) is 3.80. The van der Waals surface area contributed by atoms with Crippen LogP contribution in [-0.4, -0.2) is 17.5 Å². The normalized spacial score (nSPS) is 19.5. The lowest BCUT2D eigenvalue weighted by atomic mass is 9.67. The van der Waals surface area contributed by atoms with Crippen molar-refractivity contribution in [3.05, 3.63) is 63.1 Å². The van der Waals surface area contributed by atoms with Crippen LogP contribution in [0.4, 0.5) is 11.4 Å². The number of hydrogen-bond donors (Lipinski definition) is 2. The summed E-state index contributed by atoms with van der Waals surface area (Å²) in [5.74, 6) is -3.07. The molecule has 30 heavy (non-hydrogen) atoms. The van der Waals surface area contributed by atoms with Gasteiger partial charge in [-0.1, -0.05) is 60.9 Å². The lowest BCUT2D eigenvalue weighted by Crippen LogP contribution is -2.46. The van der Waals surface area contributed by atoms with Gasteiger partial charge >= 0.3 is 0 Å². The van der Waals surface area contributed by atoms with Gasteiger partial charge in [0.2, 0.25) is 5.78 Å². The van der Waals surface area contributed by atoms with E-state index < -0.39 is 23.0 Å². The molecule has 4 rings (SSSR count). The standard InChI is InChI=1S/C22H18Cl2N2O3S/c1-22(2)10-15-20(30-16-6-4-3-5-14(16)25-15)18(27)17(22)19(28)21(29)26-13-8-7-11(23)9-12(13)24/h3-9,17,25H,10H2,1-2H3,(H,26,29). The maximum Gasteiger partial charge on any atom is 0.292 e. The van der Waals surface area contributed by atoms with Crippen molar-refractivity contribution in [3.63, 3.8) is 0 Å². The smallest absolute Gasteiger partial charge is 0.292 e. The van der Waals surface area contributed by atoms with Crippen molar-refractivity contribution in [1.82, 2.24) is 0 Å². The summed E-state index contributed by atoms with van der Waals surface area (Å²) < 4.78 is 0. The van der Waals surface area contributed by atoms with Crippen molar-refractivity contribution < 1.29 is 14.4 Å². The van der Waals surface area contributed by atoms with E-state index in [0.717, 1.165) is 16.3 Å². The van der Waals surface area contributed by atoms with Crippen LogP contribution in [-0.2, 0) is 14.4 Å². The second-order valence-corrected chi connectivity index (χ2v) is 9.83. The monoisotopic (exact) mass is 460 g/mol. The number of halogens is 2. The Bertz CT molecular complexity index is 1130. The summed E-state index contributed by atoms with van der Waals surface area (Å²) >= 11 is 13.3. The van der Waals surface area contributed by atoms with E-state index >= 15 is 0 Å². The molecule has 8 heteroatoms. The van der Waals surface area contributed by atoms with Crippen molar-refractivity contribution >= 4 is 63.8 Å². The zero-order chi connectivity index (χ0) is 21.6. The second-order valence-electron chi connectivity index (χ2n) is 7.94. The van der Waals surface area contributed by atoms with Crippen LogP contribution in [0.25, 0.3) is 0 Å². The molecule has 0 fully saturated rings. The minimum Gasteiger partial charge on any atom is -0.357 e. The molecule has 0 aromatic heterocycles. The molecule has 0 spiro atoms. The Morgan fingerprint density at radius 3 is 2.63 bits per heavy atom. The van der Waals surface area contributed by atoms with Crippen molar-refractivity contribution in [2.75, 3.05) is 10.6 Å². The average Bonchev–Trinajstić information content (AvgIpc) is 2.68. The highest BCUT2D eigenvalue weighted by molar-refractivity contribution is 8.04. The number of carbonyl (C=O) groups is 3. The van der Waals surface area contributed by atoms with Crippen molar-refractivity contribution in [2.45, 2.75) is 25.2 Å². The van der Waals surface area contributed by atoms with Gasteiger partial charge < -0.3 is 10.6 Å². The van der Waals surface area contributed by atoms with Crippen molar-refractivity contribution in [2.24, 2.45) is 11.3 Å². The van der Waals surface area contributed by atoms with Crippen LogP contribution in [0.1, 0.15) is 20.3 Å². The first-order valence-electron chi connectivity index (χ1n) is 9.29. The molecule has 1 aliphatic carbocycles. The number of nitrogens with one attached hydrogen (secondary N) is 2. The number of thioether (sulfide) groups is 1. The highest BCUT2D eigenvalue weighted by atomic mass is 35.5. The Hall–Kier alpha value is -2.28. The number of allylic oxidation sites excluding steroid dienone is 2. The number of anilines is 2. The number of carbonyl (C=O) groups excluding carboxylic acids is 3. The first-order valence-corrected chi connectivity index (χ1v) is 10.9. The van der Waals surface area contributed by atoms with E-state index in [4.69, 9.17) is 23.2 Å². The van der Waals surface area contributed by atoms with E-state index in [1.807, 2.05) is 38.1 Å². The van der Waals surface area contributed by atoms with Gasteiger partial charge in [-0.2, -0.15) is 0 Å². The zero-order valence-corrected chi connectivity index (χ0v) is 18.5. The molecule has 1 aliphatic heterocycles. The number of benzene rings is 2. The van der Waals surface area contributed by atoms with Crippen LogP contribution >= 0.6 is 35.0 Å². The number of ketones is 2. The van der Waals surface area contributed by atoms with Crippen LogP contribution in [0.15, 0.2) is 58.0 Å². The number of amides is 1. The van der Waals surface area contributed by atoms with Crippen LogP contribution in [0.2, 0.25) is 10.0 Å². The molecular weight excluding hydrogens is 443 g/mol. The largest absolute Gasteiger partial charge is 0.357 e. The predicted octanol–water partition coefficient (Wildman–Crippen LogP) is 5.55. The third kappa shape index (κ3) is 3.75. The van der Waals surface area contributed by atoms with E-state index in [0.29, 0.717) is 16.3 Å². The third-order valence-electron chi connectivity index (χ3n) is 5.22. The molecule has 2 N–H and O–H groups in total. The van der Waals surface area contributed by atoms with Gasteiger partial charge in [-0.05, 0) is 42.2 Å². The summed E-state index contributed by atoms with van der Waals surface area (Å²) in [5.41, 5.74) is 1.26. The molecule has 0 saturated carbocycles. The zero-order valence-electron chi connectivity index (χ0n) is 16.2. The van der Waals surface area contributed by atoms with Gasteiger partial charge in [0.05, 0.1) is 27.2 Å². The highest BCUT2D eigenvalue weighted by Crippen LogP contribution is 2.50. The molecule has 2 aliphatic rings. The van der Waals surface area contributed by atoms with E-state index in [2.05, 4.69) is 10.6 Å². The number of para-hydroxylation sites is 1. The third-order valence-corrected chi connectivity index (χ3v) is 7.00. The first kappa shape index (κ1) is 21.0. The maximum absolute atomic E-state index is 13.3. The fraction of sp³-hybridized carbons (Fsp3) is 0.227. The van der Waals surface area contributed by atoms with Crippen molar-refractivity contribution in [3.8, 4) is 0 Å². The topological polar surface area (TPSA) is 75.3 Å². The molecule has 154 valence electrons. The molecule has 5 nitrogen and oxygen atoms in total. The van der Waals surface area contributed by atoms with Crippen LogP contribution in [0, 0.1) is 11.3 Å². The maximum atomic E-state index is 13.3. The van der Waals surface area contributed by atoms with E-state index in [1.165, 1.54) is 23.9 Å². The lowest BCUT2D eigenvalue weighted by Gasteiger charge is -2.40. The molecule has 0 bridgehead atoms. The van der Waals surface area contributed by atoms with Gasteiger partial charge in [-0.25, -0.2) is 0 Å². The Morgan fingerprint density at radius 2 is 1.90 bits per heavy atom. The van der Waals surface area contributed by atoms with Crippen LogP contribution in [0.5, 0.6) is 0 Å². The molecule has 2 aromatic rings. The molecular formula is C22H18Cl2N2O3S.